The van der Waals surface area contributed by atoms with Crippen molar-refractivity contribution in [1.82, 2.24) is 19.7 Å². The predicted octanol–water partition coefficient (Wildman–Crippen LogP) is 2.53. The van der Waals surface area contributed by atoms with Gasteiger partial charge in [0.05, 0.1) is 5.69 Å². The molecular formula is C13H21N5. The fourth-order valence-corrected chi connectivity index (χ4v) is 1.99. The molecule has 0 amide bonds. The number of fused-ring (bicyclic) bond motifs is 1. The van der Waals surface area contributed by atoms with Crippen LogP contribution in [0, 0.1) is 19.8 Å². The second-order valence-electron chi connectivity index (χ2n) is 4.99. The zero-order valence-electron chi connectivity index (χ0n) is 11.8. The molecule has 2 aromatic rings. The quantitative estimate of drug-likeness (QED) is 0.902. The molecule has 0 aliphatic carbocycles. The molecule has 0 spiro atoms. The first kappa shape index (κ1) is 12.8. The van der Waals surface area contributed by atoms with Crippen molar-refractivity contribution in [3.63, 3.8) is 0 Å². The minimum absolute atomic E-state index is 0.578. The monoisotopic (exact) mass is 247 g/mol. The lowest BCUT2D eigenvalue weighted by Gasteiger charge is -2.11. The van der Waals surface area contributed by atoms with Crippen molar-refractivity contribution in [3.8, 4) is 0 Å². The molecule has 5 heteroatoms. The third-order valence-electron chi connectivity index (χ3n) is 2.84. The van der Waals surface area contributed by atoms with E-state index in [9.17, 15) is 0 Å². The molecule has 0 aliphatic rings. The van der Waals surface area contributed by atoms with E-state index >= 15 is 0 Å². The molecule has 0 bridgehead atoms. The molecule has 0 unspecified atom stereocenters. The number of aromatic nitrogens is 4. The largest absolute Gasteiger partial charge is 0.368 e. The number of nitrogens with one attached hydrogen (secondary N) is 1. The topological polar surface area (TPSA) is 55.6 Å². The van der Waals surface area contributed by atoms with Crippen LogP contribution in [0.25, 0.3) is 11.0 Å². The summed E-state index contributed by atoms with van der Waals surface area (Å²) in [6.07, 6.45) is 0. The highest BCUT2D eigenvalue weighted by Gasteiger charge is 2.14. The molecule has 98 valence electrons. The molecule has 0 radical (unpaired) electrons. The minimum atomic E-state index is 0.578. The van der Waals surface area contributed by atoms with Gasteiger partial charge in [-0.2, -0.15) is 5.10 Å². The van der Waals surface area contributed by atoms with Gasteiger partial charge < -0.3 is 5.32 Å². The van der Waals surface area contributed by atoms with Crippen LogP contribution in [0.15, 0.2) is 0 Å². The van der Waals surface area contributed by atoms with E-state index in [0.717, 1.165) is 41.5 Å². The highest BCUT2D eigenvalue weighted by atomic mass is 15.3. The highest BCUT2D eigenvalue weighted by Crippen LogP contribution is 2.23. The average molecular weight is 247 g/mol. The third-order valence-corrected chi connectivity index (χ3v) is 2.84. The number of aryl methyl sites for hydroxylation is 3. The Morgan fingerprint density at radius 2 is 1.94 bits per heavy atom. The van der Waals surface area contributed by atoms with E-state index < -0.39 is 0 Å². The first-order valence-corrected chi connectivity index (χ1v) is 6.48. The summed E-state index contributed by atoms with van der Waals surface area (Å²) in [5.74, 6) is 2.26. The molecule has 0 saturated heterocycles. The lowest BCUT2D eigenvalue weighted by molar-refractivity contribution is 0.670. The summed E-state index contributed by atoms with van der Waals surface area (Å²) in [5.41, 5.74) is 2.93. The van der Waals surface area contributed by atoms with E-state index in [1.165, 1.54) is 0 Å². The first-order chi connectivity index (χ1) is 8.52. The van der Waals surface area contributed by atoms with E-state index in [1.54, 1.807) is 0 Å². The fourth-order valence-electron chi connectivity index (χ4n) is 1.99. The van der Waals surface area contributed by atoms with Gasteiger partial charge in [0.1, 0.15) is 16.9 Å². The standard InChI is InChI=1S/C13H21N5/c1-6-18-12-11(9(4)17-18)15-10(5)16-13(12)14-7-8(2)3/h8H,6-7H2,1-5H3,(H,14,15,16). The highest BCUT2D eigenvalue weighted by molar-refractivity contribution is 5.87. The molecule has 0 fully saturated rings. The molecule has 18 heavy (non-hydrogen) atoms. The van der Waals surface area contributed by atoms with Gasteiger partial charge in [0, 0.05) is 13.1 Å². The van der Waals surface area contributed by atoms with Gasteiger partial charge in [0.15, 0.2) is 5.82 Å². The van der Waals surface area contributed by atoms with Crippen molar-refractivity contribution in [2.75, 3.05) is 11.9 Å². The van der Waals surface area contributed by atoms with Crippen LogP contribution >= 0.6 is 0 Å². The Bertz CT molecular complexity index is 556. The third kappa shape index (κ3) is 2.30. The zero-order chi connectivity index (χ0) is 13.3. The van der Waals surface area contributed by atoms with Gasteiger partial charge in [0.2, 0.25) is 0 Å². The van der Waals surface area contributed by atoms with Crippen LogP contribution in [-0.4, -0.2) is 26.3 Å². The summed E-state index contributed by atoms with van der Waals surface area (Å²) >= 11 is 0. The lowest BCUT2D eigenvalue weighted by Crippen LogP contribution is -2.12. The van der Waals surface area contributed by atoms with Crippen molar-refractivity contribution < 1.29 is 0 Å². The van der Waals surface area contributed by atoms with E-state index in [4.69, 9.17) is 0 Å². The van der Waals surface area contributed by atoms with Crippen molar-refractivity contribution in [2.45, 2.75) is 41.2 Å². The molecule has 0 atom stereocenters. The van der Waals surface area contributed by atoms with Gasteiger partial charge >= 0.3 is 0 Å². The van der Waals surface area contributed by atoms with Crippen LogP contribution in [0.3, 0.4) is 0 Å². The summed E-state index contributed by atoms with van der Waals surface area (Å²) in [6, 6.07) is 0. The van der Waals surface area contributed by atoms with Crippen molar-refractivity contribution in [3.05, 3.63) is 11.5 Å². The second kappa shape index (κ2) is 4.92. The van der Waals surface area contributed by atoms with Crippen LogP contribution in [0.5, 0.6) is 0 Å². The van der Waals surface area contributed by atoms with Crippen LogP contribution in [0.1, 0.15) is 32.3 Å². The number of anilines is 1. The summed E-state index contributed by atoms with van der Waals surface area (Å²) in [6.45, 7) is 12.1. The van der Waals surface area contributed by atoms with Crippen LogP contribution < -0.4 is 5.32 Å². The van der Waals surface area contributed by atoms with Gasteiger partial charge in [-0.3, -0.25) is 4.68 Å². The number of hydrogen-bond acceptors (Lipinski definition) is 4. The van der Waals surface area contributed by atoms with Gasteiger partial charge in [-0.1, -0.05) is 13.8 Å². The van der Waals surface area contributed by atoms with E-state index in [-0.39, 0.29) is 0 Å². The Labute approximate surface area is 108 Å². The average Bonchev–Trinajstić information content (AvgIpc) is 2.63. The minimum Gasteiger partial charge on any atom is -0.368 e. The zero-order valence-corrected chi connectivity index (χ0v) is 11.8. The van der Waals surface area contributed by atoms with Crippen molar-refractivity contribution >= 4 is 16.9 Å². The van der Waals surface area contributed by atoms with Crippen LogP contribution in [-0.2, 0) is 6.54 Å². The maximum atomic E-state index is 4.51. The number of rotatable bonds is 4. The molecule has 0 aliphatic heterocycles. The van der Waals surface area contributed by atoms with Gasteiger partial charge in [-0.25, -0.2) is 9.97 Å². The van der Waals surface area contributed by atoms with E-state index in [1.807, 2.05) is 18.5 Å². The van der Waals surface area contributed by atoms with E-state index in [2.05, 4.69) is 41.2 Å². The summed E-state index contributed by atoms with van der Waals surface area (Å²) in [7, 11) is 0. The SMILES string of the molecule is CCn1nc(C)c2nc(C)nc(NCC(C)C)c21. The van der Waals surface area contributed by atoms with Crippen LogP contribution in [0.4, 0.5) is 5.82 Å². The molecule has 5 nitrogen and oxygen atoms in total. The Morgan fingerprint density at radius 3 is 2.56 bits per heavy atom. The Hall–Kier alpha value is -1.65. The van der Waals surface area contributed by atoms with Gasteiger partial charge in [-0.15, -0.1) is 0 Å². The molecule has 0 saturated carbocycles. The van der Waals surface area contributed by atoms with Gasteiger partial charge in [0.25, 0.3) is 0 Å². The van der Waals surface area contributed by atoms with Crippen molar-refractivity contribution in [2.24, 2.45) is 5.92 Å². The van der Waals surface area contributed by atoms with E-state index in [0.29, 0.717) is 5.92 Å². The first-order valence-electron chi connectivity index (χ1n) is 6.48. The second-order valence-corrected chi connectivity index (χ2v) is 4.99. The summed E-state index contributed by atoms with van der Waals surface area (Å²) in [4.78, 5) is 9.01. The normalized spacial score (nSPS) is 11.4. The number of nitrogens with zero attached hydrogens (tertiary/aromatic N) is 4. The maximum Gasteiger partial charge on any atom is 0.156 e. The molecule has 2 aromatic heterocycles. The molecule has 1 N–H and O–H groups in total. The molecule has 2 rings (SSSR count). The smallest absolute Gasteiger partial charge is 0.156 e. The summed E-state index contributed by atoms with van der Waals surface area (Å²) in [5, 5.41) is 7.92. The fraction of sp³-hybridized carbons (Fsp3) is 0.615. The van der Waals surface area contributed by atoms with Crippen LogP contribution in [0.2, 0.25) is 0 Å². The Balaban J connectivity index is 2.55. The molecule has 0 aromatic carbocycles. The Morgan fingerprint density at radius 1 is 1.22 bits per heavy atom. The lowest BCUT2D eigenvalue weighted by atomic mass is 10.2. The molecular weight excluding hydrogens is 226 g/mol. The summed E-state index contributed by atoms with van der Waals surface area (Å²) < 4.78 is 1.97. The predicted molar refractivity (Wildman–Crippen MR) is 73.8 cm³/mol. The van der Waals surface area contributed by atoms with Gasteiger partial charge in [-0.05, 0) is 26.7 Å². The Kier molecular flexibility index (Phi) is 3.50. The number of hydrogen-bond donors (Lipinski definition) is 1. The molecule has 2 heterocycles. The van der Waals surface area contributed by atoms with Crippen molar-refractivity contribution in [1.29, 1.82) is 0 Å². The maximum absolute atomic E-state index is 4.51.